The van der Waals surface area contributed by atoms with Gasteiger partial charge in [-0.2, -0.15) is 0 Å². The van der Waals surface area contributed by atoms with Crippen molar-refractivity contribution < 1.29 is 4.79 Å². The Morgan fingerprint density at radius 1 is 1.42 bits per heavy atom. The van der Waals surface area contributed by atoms with E-state index in [9.17, 15) is 4.79 Å². The first-order valence-electron chi connectivity index (χ1n) is 7.92. The number of fused-ring (bicyclic) bond motifs is 2. The van der Waals surface area contributed by atoms with Gasteiger partial charge in [0.1, 0.15) is 0 Å². The van der Waals surface area contributed by atoms with Crippen LogP contribution < -0.4 is 5.32 Å². The number of amides is 1. The largest absolute Gasteiger partial charge is 0.343 e. The Labute approximate surface area is 116 Å². The van der Waals surface area contributed by atoms with Crippen molar-refractivity contribution in [3.8, 4) is 0 Å². The highest BCUT2D eigenvalue weighted by atomic mass is 16.2. The summed E-state index contributed by atoms with van der Waals surface area (Å²) in [6.45, 7) is 5.32. The number of likely N-dealkylation sites (tertiary alicyclic amines) is 1. The number of nitrogens with one attached hydrogen (secondary N) is 1. The summed E-state index contributed by atoms with van der Waals surface area (Å²) in [5.74, 6) is 2.91. The minimum absolute atomic E-state index is 0.352. The van der Waals surface area contributed by atoms with Crippen molar-refractivity contribution in [3.05, 3.63) is 12.2 Å². The molecule has 1 aliphatic heterocycles. The normalized spacial score (nSPS) is 34.5. The van der Waals surface area contributed by atoms with Crippen LogP contribution in [0.25, 0.3) is 0 Å². The van der Waals surface area contributed by atoms with Crippen molar-refractivity contribution >= 4 is 5.91 Å². The van der Waals surface area contributed by atoms with Gasteiger partial charge >= 0.3 is 0 Å². The summed E-state index contributed by atoms with van der Waals surface area (Å²) < 4.78 is 0. The third-order valence-electron chi connectivity index (χ3n) is 5.15. The van der Waals surface area contributed by atoms with Crippen LogP contribution in [-0.4, -0.2) is 36.5 Å². The quantitative estimate of drug-likeness (QED) is 0.744. The Morgan fingerprint density at radius 2 is 2.32 bits per heavy atom. The molecule has 0 aromatic rings. The molecular weight excluding hydrogens is 236 g/mol. The van der Waals surface area contributed by atoms with E-state index in [0.717, 1.165) is 56.7 Å². The first-order chi connectivity index (χ1) is 9.22. The monoisotopic (exact) mass is 262 g/mol. The summed E-state index contributed by atoms with van der Waals surface area (Å²) in [6, 6.07) is 0.525. The number of nitrogens with zero attached hydrogens (tertiary/aromatic N) is 1. The standard InChI is InChI=1S/C16H26N2O/c1-12(6-8-18-7-2-3-16(18)19)17-11-15-10-13-4-5-14(15)9-13/h4-5,12-15,17H,2-3,6-11H2,1H3. The summed E-state index contributed by atoms with van der Waals surface area (Å²) >= 11 is 0. The Hall–Kier alpha value is -0.830. The summed E-state index contributed by atoms with van der Waals surface area (Å²) in [5.41, 5.74) is 0. The highest BCUT2D eigenvalue weighted by molar-refractivity contribution is 5.77. The van der Waals surface area contributed by atoms with Crippen LogP contribution in [0.1, 0.15) is 39.0 Å². The fourth-order valence-electron chi connectivity index (χ4n) is 3.87. The Morgan fingerprint density at radius 3 is 2.95 bits per heavy atom. The maximum absolute atomic E-state index is 11.5. The highest BCUT2D eigenvalue weighted by Gasteiger charge is 2.35. The summed E-state index contributed by atoms with van der Waals surface area (Å²) in [7, 11) is 0. The van der Waals surface area contributed by atoms with E-state index in [1.165, 1.54) is 12.8 Å². The van der Waals surface area contributed by atoms with Crippen LogP contribution in [0.3, 0.4) is 0 Å². The van der Waals surface area contributed by atoms with E-state index in [2.05, 4.69) is 24.4 Å². The second-order valence-electron chi connectivity index (χ2n) is 6.62. The molecule has 4 unspecified atom stereocenters. The van der Waals surface area contributed by atoms with Crippen LogP contribution in [0.15, 0.2) is 12.2 Å². The molecule has 0 radical (unpaired) electrons. The third-order valence-corrected chi connectivity index (χ3v) is 5.15. The molecule has 3 nitrogen and oxygen atoms in total. The Bertz CT molecular complexity index is 366. The minimum atomic E-state index is 0.352. The van der Waals surface area contributed by atoms with Crippen LogP contribution in [0, 0.1) is 17.8 Å². The lowest BCUT2D eigenvalue weighted by molar-refractivity contribution is -0.127. The molecule has 19 heavy (non-hydrogen) atoms. The van der Waals surface area contributed by atoms with Crippen molar-refractivity contribution in [3.63, 3.8) is 0 Å². The zero-order chi connectivity index (χ0) is 13.2. The lowest BCUT2D eigenvalue weighted by atomic mass is 9.93. The number of carbonyl (C=O) groups is 1. The molecule has 1 N–H and O–H groups in total. The summed E-state index contributed by atoms with van der Waals surface area (Å²) in [4.78, 5) is 13.6. The third kappa shape index (κ3) is 3.02. The number of hydrogen-bond acceptors (Lipinski definition) is 2. The van der Waals surface area contributed by atoms with E-state index in [-0.39, 0.29) is 0 Å². The van der Waals surface area contributed by atoms with Crippen LogP contribution in [0.2, 0.25) is 0 Å². The van der Waals surface area contributed by atoms with Crippen LogP contribution in [-0.2, 0) is 4.79 Å². The van der Waals surface area contributed by atoms with Gasteiger partial charge in [0.2, 0.25) is 5.91 Å². The molecule has 106 valence electrons. The Balaban J connectivity index is 1.34. The lowest BCUT2D eigenvalue weighted by Gasteiger charge is -2.23. The predicted molar refractivity (Wildman–Crippen MR) is 76.7 cm³/mol. The van der Waals surface area contributed by atoms with Crippen LogP contribution >= 0.6 is 0 Å². The fraction of sp³-hybridized carbons (Fsp3) is 0.812. The number of allylic oxidation sites excluding steroid dienone is 2. The maximum Gasteiger partial charge on any atom is 0.222 e. The van der Waals surface area contributed by atoms with E-state index in [1.54, 1.807) is 0 Å². The molecule has 1 saturated heterocycles. The van der Waals surface area contributed by atoms with Gasteiger partial charge in [0, 0.05) is 25.6 Å². The van der Waals surface area contributed by atoms with Crippen LogP contribution in [0.4, 0.5) is 0 Å². The van der Waals surface area contributed by atoms with Gasteiger partial charge in [0.15, 0.2) is 0 Å². The van der Waals surface area contributed by atoms with E-state index in [4.69, 9.17) is 0 Å². The minimum Gasteiger partial charge on any atom is -0.343 e. The van der Waals surface area contributed by atoms with Gasteiger partial charge < -0.3 is 10.2 Å². The molecule has 2 fully saturated rings. The molecular formula is C16H26N2O. The van der Waals surface area contributed by atoms with E-state index >= 15 is 0 Å². The first kappa shape index (κ1) is 13.2. The second kappa shape index (κ2) is 5.66. The van der Waals surface area contributed by atoms with Gasteiger partial charge in [-0.1, -0.05) is 12.2 Å². The summed E-state index contributed by atoms with van der Waals surface area (Å²) in [5, 5.41) is 3.68. The zero-order valence-electron chi connectivity index (χ0n) is 12.0. The van der Waals surface area contributed by atoms with Crippen molar-refractivity contribution in [1.82, 2.24) is 10.2 Å². The number of rotatable bonds is 6. The van der Waals surface area contributed by atoms with Gasteiger partial charge in [-0.25, -0.2) is 0 Å². The first-order valence-corrected chi connectivity index (χ1v) is 7.92. The zero-order valence-corrected chi connectivity index (χ0v) is 12.0. The van der Waals surface area contributed by atoms with Gasteiger partial charge in [-0.05, 0) is 56.9 Å². The molecule has 0 spiro atoms. The van der Waals surface area contributed by atoms with Crippen molar-refractivity contribution in [1.29, 1.82) is 0 Å². The number of hydrogen-bond donors (Lipinski definition) is 1. The average Bonchev–Trinajstić information content (AvgIpc) is 3.10. The average molecular weight is 262 g/mol. The number of carbonyl (C=O) groups excluding carboxylic acids is 1. The molecule has 0 aromatic heterocycles. The molecule has 1 heterocycles. The lowest BCUT2D eigenvalue weighted by Crippen LogP contribution is -2.36. The van der Waals surface area contributed by atoms with E-state index in [0.29, 0.717) is 11.9 Å². The topological polar surface area (TPSA) is 32.3 Å². The van der Waals surface area contributed by atoms with Gasteiger partial charge in [-0.15, -0.1) is 0 Å². The predicted octanol–water partition coefficient (Wildman–Crippen LogP) is 2.19. The van der Waals surface area contributed by atoms with Crippen molar-refractivity contribution in [2.75, 3.05) is 19.6 Å². The van der Waals surface area contributed by atoms with Gasteiger partial charge in [0.25, 0.3) is 0 Å². The second-order valence-corrected chi connectivity index (χ2v) is 6.62. The highest BCUT2D eigenvalue weighted by Crippen LogP contribution is 2.42. The van der Waals surface area contributed by atoms with Gasteiger partial charge in [-0.3, -0.25) is 4.79 Å². The molecule has 0 aromatic carbocycles. The SMILES string of the molecule is CC(CCN1CCCC1=O)NCC1CC2C=CC1C2. The smallest absolute Gasteiger partial charge is 0.222 e. The Kier molecular flexibility index (Phi) is 3.92. The molecule has 3 heteroatoms. The molecule has 2 bridgehead atoms. The fourth-order valence-corrected chi connectivity index (χ4v) is 3.87. The van der Waals surface area contributed by atoms with Crippen molar-refractivity contribution in [2.45, 2.75) is 45.1 Å². The maximum atomic E-state index is 11.5. The van der Waals surface area contributed by atoms with E-state index < -0.39 is 0 Å². The van der Waals surface area contributed by atoms with E-state index in [1.807, 2.05) is 4.90 Å². The molecule has 3 rings (SSSR count). The van der Waals surface area contributed by atoms with Crippen LogP contribution in [0.5, 0.6) is 0 Å². The van der Waals surface area contributed by atoms with Gasteiger partial charge in [0.05, 0.1) is 0 Å². The van der Waals surface area contributed by atoms with Crippen molar-refractivity contribution in [2.24, 2.45) is 17.8 Å². The molecule has 1 amide bonds. The molecule has 2 aliphatic carbocycles. The summed E-state index contributed by atoms with van der Waals surface area (Å²) in [6.07, 6.45) is 10.5. The molecule has 1 saturated carbocycles. The molecule has 4 atom stereocenters. The molecule has 3 aliphatic rings.